The van der Waals surface area contributed by atoms with Crippen LogP contribution in [0, 0.1) is 11.3 Å². The molecule has 1 rings (SSSR count). The molecule has 0 bridgehead atoms. The lowest BCUT2D eigenvalue weighted by atomic mass is 10.2. The normalized spacial score (nSPS) is 11.8. The summed E-state index contributed by atoms with van der Waals surface area (Å²) in [6, 6.07) is 3.50. The third-order valence-electron chi connectivity index (χ3n) is 1.86. The zero-order valence-electron chi connectivity index (χ0n) is 8.29. The van der Waals surface area contributed by atoms with Gasteiger partial charge in [-0.15, -0.1) is 11.3 Å². The Labute approximate surface area is 101 Å². The van der Waals surface area contributed by atoms with Gasteiger partial charge >= 0.3 is 0 Å². The zero-order valence-corrected chi connectivity index (χ0v) is 10.7. The number of hydrogen-bond acceptors (Lipinski definition) is 3. The topological polar surface area (TPSA) is 52.9 Å². The van der Waals surface area contributed by atoms with Crippen LogP contribution in [0.25, 0.3) is 0 Å². The quantitative estimate of drug-likeness (QED) is 0.925. The highest BCUT2D eigenvalue weighted by Gasteiger charge is 2.15. The Hall–Kier alpha value is -0.860. The number of hydrogen-bond donors (Lipinski definition) is 1. The average Bonchev–Trinajstić information content (AvgIpc) is 2.63. The fraction of sp³-hybridized carbons (Fsp3) is 0.400. The summed E-state index contributed by atoms with van der Waals surface area (Å²) in [6.07, 6.45) is 1.56. The van der Waals surface area contributed by atoms with Crippen LogP contribution in [-0.2, 0) is 0 Å². The first kappa shape index (κ1) is 12.2. The molecule has 0 spiro atoms. The smallest absolute Gasteiger partial charge is 0.263 e. The number of nitrogens with zero attached hydrogens (tertiary/aromatic N) is 1. The van der Waals surface area contributed by atoms with E-state index in [4.69, 9.17) is 5.26 Å². The lowest BCUT2D eigenvalue weighted by Gasteiger charge is -2.09. The minimum Gasteiger partial charge on any atom is -0.336 e. The van der Waals surface area contributed by atoms with E-state index in [2.05, 4.69) is 27.3 Å². The molecule has 0 fully saturated rings. The van der Waals surface area contributed by atoms with E-state index in [1.165, 1.54) is 11.3 Å². The van der Waals surface area contributed by atoms with E-state index in [-0.39, 0.29) is 5.91 Å². The molecule has 5 heteroatoms. The summed E-state index contributed by atoms with van der Waals surface area (Å²) < 4.78 is 0.776. The average molecular weight is 287 g/mol. The Morgan fingerprint density at radius 2 is 2.53 bits per heavy atom. The van der Waals surface area contributed by atoms with E-state index >= 15 is 0 Å². The molecule has 1 heterocycles. The second kappa shape index (κ2) is 5.89. The number of amides is 1. The number of nitriles is 1. The van der Waals surface area contributed by atoms with Crippen LogP contribution in [0.1, 0.15) is 29.4 Å². The molecule has 0 saturated heterocycles. The molecule has 15 heavy (non-hydrogen) atoms. The summed E-state index contributed by atoms with van der Waals surface area (Å²) in [4.78, 5) is 12.3. The van der Waals surface area contributed by atoms with Gasteiger partial charge in [0.25, 0.3) is 5.91 Å². The van der Waals surface area contributed by atoms with Crippen molar-refractivity contribution < 1.29 is 4.79 Å². The van der Waals surface area contributed by atoms with Crippen molar-refractivity contribution in [3.63, 3.8) is 0 Å². The van der Waals surface area contributed by atoms with E-state index in [9.17, 15) is 4.79 Å². The van der Waals surface area contributed by atoms with Crippen molar-refractivity contribution in [2.45, 2.75) is 25.8 Å². The fourth-order valence-corrected chi connectivity index (χ4v) is 2.59. The van der Waals surface area contributed by atoms with Crippen LogP contribution in [0.3, 0.4) is 0 Å². The van der Waals surface area contributed by atoms with E-state index in [1.807, 2.05) is 18.4 Å². The van der Waals surface area contributed by atoms with Crippen LogP contribution < -0.4 is 5.32 Å². The molecular weight excluding hydrogens is 276 g/mol. The molecule has 80 valence electrons. The second-order valence-electron chi connectivity index (χ2n) is 3.04. The van der Waals surface area contributed by atoms with Crippen LogP contribution in [0.15, 0.2) is 15.9 Å². The maximum Gasteiger partial charge on any atom is 0.263 e. The maximum absolute atomic E-state index is 11.7. The summed E-state index contributed by atoms with van der Waals surface area (Å²) in [6.45, 7) is 1.98. The number of nitrogens with one attached hydrogen (secondary N) is 1. The third-order valence-corrected chi connectivity index (χ3v) is 3.70. The van der Waals surface area contributed by atoms with Crippen molar-refractivity contribution in [2.24, 2.45) is 0 Å². The number of halogens is 1. The van der Waals surface area contributed by atoms with Crippen LogP contribution >= 0.6 is 27.3 Å². The van der Waals surface area contributed by atoms with Gasteiger partial charge in [-0.25, -0.2) is 0 Å². The van der Waals surface area contributed by atoms with Crippen LogP contribution in [0.5, 0.6) is 0 Å². The number of carbonyl (C=O) groups excluding carboxylic acids is 1. The Morgan fingerprint density at radius 3 is 3.00 bits per heavy atom. The molecule has 0 aliphatic heterocycles. The van der Waals surface area contributed by atoms with Gasteiger partial charge in [0.1, 0.15) is 10.9 Å². The maximum atomic E-state index is 11.7. The molecule has 1 N–H and O–H groups in total. The Kier molecular flexibility index (Phi) is 4.79. The van der Waals surface area contributed by atoms with Gasteiger partial charge in [0, 0.05) is 4.47 Å². The molecule has 0 aliphatic rings. The minimum absolute atomic E-state index is 0.183. The van der Waals surface area contributed by atoms with Crippen LogP contribution in [0.2, 0.25) is 0 Å². The Morgan fingerprint density at radius 1 is 1.80 bits per heavy atom. The van der Waals surface area contributed by atoms with Crippen molar-refractivity contribution in [1.29, 1.82) is 5.26 Å². The fourth-order valence-electron chi connectivity index (χ4n) is 1.14. The van der Waals surface area contributed by atoms with Crippen molar-refractivity contribution >= 4 is 33.2 Å². The van der Waals surface area contributed by atoms with Crippen molar-refractivity contribution in [3.05, 3.63) is 20.8 Å². The first-order chi connectivity index (χ1) is 7.19. The summed E-state index contributed by atoms with van der Waals surface area (Å²) in [7, 11) is 0. The van der Waals surface area contributed by atoms with Gasteiger partial charge in [-0.1, -0.05) is 13.3 Å². The molecule has 0 radical (unpaired) electrons. The Bertz CT molecular complexity index is 383. The highest BCUT2D eigenvalue weighted by molar-refractivity contribution is 9.10. The first-order valence-corrected chi connectivity index (χ1v) is 6.29. The predicted octanol–water partition coefficient (Wildman–Crippen LogP) is 2.93. The number of carbonyl (C=O) groups is 1. The number of rotatable bonds is 4. The lowest BCUT2D eigenvalue weighted by molar-refractivity contribution is 0.0947. The van der Waals surface area contributed by atoms with Crippen LogP contribution in [-0.4, -0.2) is 11.9 Å². The Balaban J connectivity index is 2.64. The van der Waals surface area contributed by atoms with E-state index in [0.29, 0.717) is 11.3 Å². The predicted molar refractivity (Wildman–Crippen MR) is 63.8 cm³/mol. The molecule has 1 unspecified atom stereocenters. The summed E-state index contributed by atoms with van der Waals surface area (Å²) >= 11 is 4.64. The summed E-state index contributed by atoms with van der Waals surface area (Å²) in [5.41, 5.74) is 0. The molecule has 0 saturated carbocycles. The highest BCUT2D eigenvalue weighted by Crippen LogP contribution is 2.22. The van der Waals surface area contributed by atoms with E-state index in [0.717, 1.165) is 10.9 Å². The summed E-state index contributed by atoms with van der Waals surface area (Å²) in [5.74, 6) is -0.183. The van der Waals surface area contributed by atoms with Gasteiger partial charge in [0.2, 0.25) is 0 Å². The molecule has 1 amide bonds. The van der Waals surface area contributed by atoms with Gasteiger partial charge in [0.05, 0.1) is 6.07 Å². The SMILES string of the molecule is CCCC(C#N)NC(=O)c1sccc1Br. The molecule has 1 atom stereocenters. The van der Waals surface area contributed by atoms with Crippen molar-refractivity contribution in [1.82, 2.24) is 5.32 Å². The second-order valence-corrected chi connectivity index (χ2v) is 4.81. The molecule has 0 aliphatic carbocycles. The van der Waals surface area contributed by atoms with Crippen molar-refractivity contribution in [3.8, 4) is 6.07 Å². The zero-order chi connectivity index (χ0) is 11.3. The van der Waals surface area contributed by atoms with E-state index in [1.54, 1.807) is 0 Å². The highest BCUT2D eigenvalue weighted by atomic mass is 79.9. The third kappa shape index (κ3) is 3.33. The first-order valence-electron chi connectivity index (χ1n) is 4.62. The van der Waals surface area contributed by atoms with Gasteiger partial charge in [0.15, 0.2) is 0 Å². The van der Waals surface area contributed by atoms with Crippen LogP contribution in [0.4, 0.5) is 0 Å². The van der Waals surface area contributed by atoms with Gasteiger partial charge < -0.3 is 5.32 Å². The molecule has 1 aromatic rings. The van der Waals surface area contributed by atoms with E-state index < -0.39 is 6.04 Å². The molecular formula is C10H11BrN2OS. The molecule has 0 aromatic carbocycles. The van der Waals surface area contributed by atoms with Crippen molar-refractivity contribution in [2.75, 3.05) is 0 Å². The summed E-state index contributed by atoms with van der Waals surface area (Å²) in [5, 5.41) is 13.3. The lowest BCUT2D eigenvalue weighted by Crippen LogP contribution is -2.33. The molecule has 3 nitrogen and oxygen atoms in total. The minimum atomic E-state index is -0.392. The standard InChI is InChI=1S/C10H11BrN2OS/c1-2-3-7(6-12)13-10(14)9-8(11)4-5-15-9/h4-5,7H,2-3H2,1H3,(H,13,14). The van der Waals surface area contributed by atoms with Gasteiger partial charge in [-0.2, -0.15) is 5.26 Å². The molecule has 1 aromatic heterocycles. The monoisotopic (exact) mass is 286 g/mol. The van der Waals surface area contributed by atoms with Gasteiger partial charge in [-0.3, -0.25) is 4.79 Å². The largest absolute Gasteiger partial charge is 0.336 e. The van der Waals surface area contributed by atoms with Gasteiger partial charge in [-0.05, 0) is 33.8 Å². The number of thiophene rings is 1.